The highest BCUT2D eigenvalue weighted by Crippen LogP contribution is 2.26. The minimum atomic E-state index is -0.527. The maximum Gasteiger partial charge on any atom is 0.248 e. The van der Waals surface area contributed by atoms with Crippen molar-refractivity contribution in [1.29, 1.82) is 0 Å². The molecule has 0 aliphatic rings. The first-order valence-electron chi connectivity index (χ1n) is 5.01. The van der Waals surface area contributed by atoms with Gasteiger partial charge in [0.1, 0.15) is 0 Å². The zero-order valence-corrected chi connectivity index (χ0v) is 10.9. The monoisotopic (exact) mass is 271 g/mol. The number of primary amides is 1. The summed E-state index contributed by atoms with van der Waals surface area (Å²) >= 11 is 11.6. The zero-order valence-electron chi connectivity index (χ0n) is 9.37. The second kappa shape index (κ2) is 5.80. The van der Waals surface area contributed by atoms with Crippen molar-refractivity contribution in [3.05, 3.63) is 34.1 Å². The van der Waals surface area contributed by atoms with Gasteiger partial charge in [0.15, 0.2) is 10.3 Å². The third-order valence-corrected chi connectivity index (χ3v) is 2.53. The number of nitrogens with zero attached hydrogens (tertiary/aromatic N) is 2. The van der Waals surface area contributed by atoms with Crippen LogP contribution in [-0.4, -0.2) is 16.1 Å². The molecule has 6 heteroatoms. The third kappa shape index (κ3) is 2.84. The van der Waals surface area contributed by atoms with E-state index in [2.05, 4.69) is 10.2 Å². The molecule has 90 valence electrons. The highest BCUT2D eigenvalue weighted by Gasteiger charge is 2.08. The molecule has 0 fully saturated rings. The number of carbonyl (C=O) groups is 1. The van der Waals surface area contributed by atoms with Gasteiger partial charge in [0.2, 0.25) is 5.91 Å². The lowest BCUT2D eigenvalue weighted by Gasteiger charge is -2.02. The Balaban J connectivity index is 0.000000686. The van der Waals surface area contributed by atoms with Gasteiger partial charge in [-0.1, -0.05) is 43.1 Å². The number of hydrogen-bond donors (Lipinski definition) is 1. The topological polar surface area (TPSA) is 68.9 Å². The number of nitrogens with two attached hydrogens (primary N) is 1. The van der Waals surface area contributed by atoms with Gasteiger partial charge in [0.05, 0.1) is 0 Å². The van der Waals surface area contributed by atoms with E-state index in [1.807, 2.05) is 13.8 Å². The van der Waals surface area contributed by atoms with Crippen LogP contribution in [0.3, 0.4) is 0 Å². The lowest BCUT2D eigenvalue weighted by atomic mass is 10.1. The molecule has 0 aliphatic heterocycles. The Morgan fingerprint density at radius 2 is 1.65 bits per heavy atom. The van der Waals surface area contributed by atoms with Crippen molar-refractivity contribution < 1.29 is 4.79 Å². The Hall–Kier alpha value is -1.39. The second-order valence-corrected chi connectivity index (χ2v) is 3.62. The number of carbonyl (C=O) groups excluding carboxylic acids is 1. The van der Waals surface area contributed by atoms with Crippen LogP contribution in [0.1, 0.15) is 24.2 Å². The highest BCUT2D eigenvalue weighted by molar-refractivity contribution is 6.38. The Labute approximate surface area is 109 Å². The average molecular weight is 272 g/mol. The number of benzene rings is 1. The molecule has 2 N–H and O–H groups in total. The van der Waals surface area contributed by atoms with Gasteiger partial charge >= 0.3 is 0 Å². The highest BCUT2D eigenvalue weighted by atomic mass is 35.5. The van der Waals surface area contributed by atoms with Crippen LogP contribution in [-0.2, 0) is 0 Å². The molecule has 17 heavy (non-hydrogen) atoms. The lowest BCUT2D eigenvalue weighted by molar-refractivity contribution is 0.100. The summed E-state index contributed by atoms with van der Waals surface area (Å²) in [5, 5.41) is 8.92. The van der Waals surface area contributed by atoms with Crippen LogP contribution in [0.2, 0.25) is 10.3 Å². The SMILES string of the molecule is CC.NC(=O)c1ccc2c(Cl)nnc(Cl)c2c1. The van der Waals surface area contributed by atoms with Crippen molar-refractivity contribution in [3.8, 4) is 0 Å². The van der Waals surface area contributed by atoms with Crippen LogP contribution in [0, 0.1) is 0 Å². The average Bonchev–Trinajstić information content (AvgIpc) is 2.36. The first-order valence-corrected chi connectivity index (χ1v) is 5.76. The molecule has 0 bridgehead atoms. The first kappa shape index (κ1) is 13.7. The molecule has 2 aromatic rings. The summed E-state index contributed by atoms with van der Waals surface area (Å²) in [6.45, 7) is 4.00. The normalized spacial score (nSPS) is 9.65. The molecule has 1 heterocycles. The molecule has 0 unspecified atom stereocenters. The Morgan fingerprint density at radius 3 is 2.18 bits per heavy atom. The molecule has 0 spiro atoms. The van der Waals surface area contributed by atoms with E-state index in [9.17, 15) is 4.79 Å². The molecule has 1 amide bonds. The van der Waals surface area contributed by atoms with Crippen LogP contribution in [0.4, 0.5) is 0 Å². The van der Waals surface area contributed by atoms with Crippen LogP contribution in [0.15, 0.2) is 18.2 Å². The molecule has 4 nitrogen and oxygen atoms in total. The Kier molecular flexibility index (Phi) is 4.66. The Morgan fingerprint density at radius 1 is 1.12 bits per heavy atom. The van der Waals surface area contributed by atoms with Crippen LogP contribution >= 0.6 is 23.2 Å². The number of hydrogen-bond acceptors (Lipinski definition) is 3. The number of halogens is 2. The van der Waals surface area contributed by atoms with E-state index < -0.39 is 5.91 Å². The van der Waals surface area contributed by atoms with E-state index in [0.29, 0.717) is 16.3 Å². The summed E-state index contributed by atoms with van der Waals surface area (Å²) in [5.41, 5.74) is 5.50. The van der Waals surface area contributed by atoms with E-state index >= 15 is 0 Å². The smallest absolute Gasteiger partial charge is 0.248 e. The van der Waals surface area contributed by atoms with Gasteiger partial charge < -0.3 is 5.73 Å². The molecule has 0 saturated carbocycles. The fourth-order valence-electron chi connectivity index (χ4n) is 1.24. The van der Waals surface area contributed by atoms with Gasteiger partial charge in [-0.3, -0.25) is 4.79 Å². The molecule has 0 radical (unpaired) electrons. The van der Waals surface area contributed by atoms with Gasteiger partial charge in [-0.15, -0.1) is 10.2 Å². The number of fused-ring (bicyclic) bond motifs is 1. The van der Waals surface area contributed by atoms with E-state index in [1.54, 1.807) is 18.2 Å². The number of rotatable bonds is 1. The minimum absolute atomic E-state index is 0.192. The largest absolute Gasteiger partial charge is 0.366 e. The van der Waals surface area contributed by atoms with Crippen molar-refractivity contribution >= 4 is 39.9 Å². The third-order valence-electron chi connectivity index (χ3n) is 1.97. The van der Waals surface area contributed by atoms with Gasteiger partial charge in [0, 0.05) is 16.3 Å². The van der Waals surface area contributed by atoms with Crippen LogP contribution < -0.4 is 5.73 Å². The van der Waals surface area contributed by atoms with Crippen molar-refractivity contribution in [3.63, 3.8) is 0 Å². The predicted molar refractivity (Wildman–Crippen MR) is 69.4 cm³/mol. The summed E-state index contributed by atoms with van der Waals surface area (Å²) in [5.74, 6) is -0.527. The number of aromatic nitrogens is 2. The predicted octanol–water partition coefficient (Wildman–Crippen LogP) is 3.06. The number of amides is 1. The fourth-order valence-corrected chi connectivity index (χ4v) is 1.64. The second-order valence-electron chi connectivity index (χ2n) is 2.91. The van der Waals surface area contributed by atoms with E-state index in [4.69, 9.17) is 28.9 Å². The standard InChI is InChI=1S/C9H5Cl2N3O.C2H6/c10-7-5-2-1-4(9(12)15)3-6(5)8(11)14-13-7;1-2/h1-3H,(H2,12,15);1-2H3. The summed E-state index contributed by atoms with van der Waals surface area (Å²) in [7, 11) is 0. The van der Waals surface area contributed by atoms with Crippen molar-refractivity contribution in [2.75, 3.05) is 0 Å². The molecule has 0 atom stereocenters. The van der Waals surface area contributed by atoms with E-state index in [-0.39, 0.29) is 10.3 Å². The summed E-state index contributed by atoms with van der Waals surface area (Å²) < 4.78 is 0. The summed E-state index contributed by atoms with van der Waals surface area (Å²) in [6, 6.07) is 4.74. The maximum absolute atomic E-state index is 11.0. The van der Waals surface area contributed by atoms with Gasteiger partial charge in [-0.25, -0.2) is 0 Å². The Bertz CT molecular complexity index is 558. The van der Waals surface area contributed by atoms with Crippen molar-refractivity contribution in [2.45, 2.75) is 13.8 Å². The maximum atomic E-state index is 11.0. The van der Waals surface area contributed by atoms with Crippen LogP contribution in [0.25, 0.3) is 10.8 Å². The van der Waals surface area contributed by atoms with Crippen molar-refractivity contribution in [2.24, 2.45) is 5.73 Å². The van der Waals surface area contributed by atoms with E-state index in [0.717, 1.165) is 0 Å². The molecular weight excluding hydrogens is 261 g/mol. The molecule has 2 rings (SSSR count). The zero-order chi connectivity index (χ0) is 13.0. The lowest BCUT2D eigenvalue weighted by Crippen LogP contribution is -2.10. The quantitative estimate of drug-likeness (QED) is 0.867. The molecule has 1 aromatic heterocycles. The molecule has 0 aliphatic carbocycles. The van der Waals surface area contributed by atoms with Gasteiger partial charge in [-0.05, 0) is 12.1 Å². The molecule has 0 saturated heterocycles. The fraction of sp³-hybridized carbons (Fsp3) is 0.182. The van der Waals surface area contributed by atoms with Crippen molar-refractivity contribution in [1.82, 2.24) is 10.2 Å². The van der Waals surface area contributed by atoms with Gasteiger partial charge in [0.25, 0.3) is 0 Å². The first-order chi connectivity index (χ1) is 8.09. The summed E-state index contributed by atoms with van der Waals surface area (Å²) in [4.78, 5) is 11.0. The summed E-state index contributed by atoms with van der Waals surface area (Å²) in [6.07, 6.45) is 0. The van der Waals surface area contributed by atoms with Gasteiger partial charge in [-0.2, -0.15) is 0 Å². The molecule has 1 aromatic carbocycles. The molecular formula is C11H11Cl2N3O. The minimum Gasteiger partial charge on any atom is -0.366 e. The van der Waals surface area contributed by atoms with E-state index in [1.165, 1.54) is 0 Å². The van der Waals surface area contributed by atoms with Crippen LogP contribution in [0.5, 0.6) is 0 Å².